The Balaban J connectivity index is 2.06. The van der Waals surface area contributed by atoms with E-state index in [-0.39, 0.29) is 29.1 Å². The van der Waals surface area contributed by atoms with Gasteiger partial charge in [0.05, 0.1) is 28.4 Å². The molecule has 0 radical (unpaired) electrons. The van der Waals surface area contributed by atoms with Gasteiger partial charge in [0.25, 0.3) is 9.84 Å². The number of carbonyl (C=O) groups is 1. The molecule has 2 aromatic heterocycles. The summed E-state index contributed by atoms with van der Waals surface area (Å²) in [5, 5.41) is 19.6. The smallest absolute Gasteiger partial charge is 0.493 e. The number of aromatic hydroxyl groups is 1. The summed E-state index contributed by atoms with van der Waals surface area (Å²) >= 11 is 0. The van der Waals surface area contributed by atoms with Gasteiger partial charge in [-0.15, -0.1) is 0 Å². The highest BCUT2D eigenvalue weighted by atomic mass is 32.2. The van der Waals surface area contributed by atoms with Gasteiger partial charge in [-0.1, -0.05) is 0 Å². The lowest BCUT2D eigenvalue weighted by Gasteiger charge is -2.09. The number of imidazole rings is 1. The van der Waals surface area contributed by atoms with Crippen LogP contribution in [0.1, 0.15) is 21.6 Å². The summed E-state index contributed by atoms with van der Waals surface area (Å²) in [4.78, 5) is 26.9. The van der Waals surface area contributed by atoms with Crippen LogP contribution in [0.25, 0.3) is 5.69 Å². The van der Waals surface area contributed by atoms with Crippen molar-refractivity contribution in [2.45, 2.75) is 23.9 Å². The van der Waals surface area contributed by atoms with Crippen LogP contribution in [0, 0.1) is 6.92 Å². The third-order valence-electron chi connectivity index (χ3n) is 4.54. The van der Waals surface area contributed by atoms with Crippen molar-refractivity contribution < 1.29 is 36.6 Å². The van der Waals surface area contributed by atoms with E-state index in [0.717, 1.165) is 27.5 Å². The summed E-state index contributed by atoms with van der Waals surface area (Å²) in [6.45, 7) is 1.16. The Labute approximate surface area is 172 Å². The molecule has 0 fully saturated rings. The number of rotatable bonds is 5. The maximum absolute atomic E-state index is 12.8. The minimum absolute atomic E-state index is 0.0603. The molecular formula is C18H14F3N3O6S. The van der Waals surface area contributed by atoms with Crippen molar-refractivity contribution in [3.8, 4) is 11.6 Å². The SMILES string of the molecule is Cc1c(O)n(-c2ccc(S(=O)(=O)C(F)(F)F)cc2)c(=O)n1Cc1ccncc1C(=O)O. The Hall–Kier alpha value is -3.61. The van der Waals surface area contributed by atoms with E-state index < -0.39 is 37.8 Å². The number of alkyl halides is 3. The molecule has 164 valence electrons. The molecule has 3 rings (SSSR count). The summed E-state index contributed by atoms with van der Waals surface area (Å²) in [5.41, 5.74) is -6.24. The maximum atomic E-state index is 12.8. The van der Waals surface area contributed by atoms with E-state index in [1.807, 2.05) is 0 Å². The van der Waals surface area contributed by atoms with Crippen molar-refractivity contribution in [2.75, 3.05) is 0 Å². The molecule has 0 spiro atoms. The standard InChI is InChI=1S/C18H14F3N3O6S/c1-10-15(25)24(12-2-4-13(5-3-12)31(29,30)18(19,20)21)17(28)23(10)9-11-6-7-22-8-14(11)16(26)27/h2-8,25H,9H2,1H3,(H,26,27). The molecule has 0 aliphatic heterocycles. The lowest BCUT2D eigenvalue weighted by molar-refractivity contribution is -0.0436. The topological polar surface area (TPSA) is 131 Å². The Morgan fingerprint density at radius 3 is 2.32 bits per heavy atom. The first-order valence-electron chi connectivity index (χ1n) is 8.45. The fraction of sp³-hybridized carbons (Fsp3) is 0.167. The van der Waals surface area contributed by atoms with E-state index >= 15 is 0 Å². The zero-order valence-corrected chi connectivity index (χ0v) is 16.5. The largest absolute Gasteiger partial charge is 0.501 e. The Bertz CT molecular complexity index is 1330. The molecular weight excluding hydrogens is 443 g/mol. The zero-order chi connectivity index (χ0) is 23.1. The van der Waals surface area contributed by atoms with Gasteiger partial charge < -0.3 is 10.2 Å². The second-order valence-electron chi connectivity index (χ2n) is 6.39. The van der Waals surface area contributed by atoms with Crippen LogP contribution in [0.3, 0.4) is 0 Å². The van der Waals surface area contributed by atoms with Gasteiger partial charge in [0, 0.05) is 12.4 Å². The van der Waals surface area contributed by atoms with Gasteiger partial charge >= 0.3 is 17.2 Å². The van der Waals surface area contributed by atoms with Crippen molar-refractivity contribution >= 4 is 15.8 Å². The summed E-state index contributed by atoms with van der Waals surface area (Å²) in [6.07, 6.45) is 2.44. The molecule has 0 aliphatic carbocycles. The van der Waals surface area contributed by atoms with E-state index in [1.165, 1.54) is 19.2 Å². The Morgan fingerprint density at radius 2 is 1.77 bits per heavy atom. The van der Waals surface area contributed by atoms with Gasteiger partial charge in [0.1, 0.15) is 0 Å². The average molecular weight is 457 g/mol. The van der Waals surface area contributed by atoms with Crippen molar-refractivity contribution in [1.29, 1.82) is 0 Å². The maximum Gasteiger partial charge on any atom is 0.501 e. The number of hydrogen-bond acceptors (Lipinski definition) is 6. The normalized spacial score (nSPS) is 12.1. The molecule has 31 heavy (non-hydrogen) atoms. The van der Waals surface area contributed by atoms with Gasteiger partial charge in [-0.25, -0.2) is 22.6 Å². The van der Waals surface area contributed by atoms with Crippen LogP contribution in [0.4, 0.5) is 13.2 Å². The summed E-state index contributed by atoms with van der Waals surface area (Å²) in [6, 6.07) is 4.61. The number of carboxylic acids is 1. The van der Waals surface area contributed by atoms with Gasteiger partial charge in [0.2, 0.25) is 5.88 Å². The highest BCUT2D eigenvalue weighted by Gasteiger charge is 2.46. The molecule has 13 heteroatoms. The van der Waals surface area contributed by atoms with E-state index in [4.69, 9.17) is 0 Å². The number of carboxylic acid groups (broad SMARTS) is 1. The number of nitrogens with zero attached hydrogens (tertiary/aromatic N) is 3. The van der Waals surface area contributed by atoms with Gasteiger partial charge in [-0.3, -0.25) is 9.55 Å². The zero-order valence-electron chi connectivity index (χ0n) is 15.7. The predicted octanol–water partition coefficient (Wildman–Crippen LogP) is 2.09. The Kier molecular flexibility index (Phi) is 5.40. The minimum Gasteiger partial charge on any atom is -0.493 e. The first-order valence-corrected chi connectivity index (χ1v) is 9.93. The fourth-order valence-electron chi connectivity index (χ4n) is 2.89. The van der Waals surface area contributed by atoms with E-state index in [0.29, 0.717) is 12.1 Å². The number of halogens is 3. The Morgan fingerprint density at radius 1 is 1.16 bits per heavy atom. The molecule has 0 atom stereocenters. The highest BCUT2D eigenvalue weighted by molar-refractivity contribution is 7.92. The summed E-state index contributed by atoms with van der Waals surface area (Å²) < 4.78 is 62.9. The number of aromatic carboxylic acids is 1. The second-order valence-corrected chi connectivity index (χ2v) is 8.34. The van der Waals surface area contributed by atoms with Crippen molar-refractivity contribution in [3.63, 3.8) is 0 Å². The molecule has 0 amide bonds. The van der Waals surface area contributed by atoms with Crippen LogP contribution in [0.2, 0.25) is 0 Å². The molecule has 0 bridgehead atoms. The van der Waals surface area contributed by atoms with Crippen LogP contribution in [-0.4, -0.2) is 44.2 Å². The third kappa shape index (κ3) is 3.79. The van der Waals surface area contributed by atoms with Crippen molar-refractivity contribution in [1.82, 2.24) is 14.1 Å². The molecule has 2 heterocycles. The van der Waals surface area contributed by atoms with E-state index in [2.05, 4.69) is 4.98 Å². The summed E-state index contributed by atoms with van der Waals surface area (Å²) in [7, 11) is -5.57. The van der Waals surface area contributed by atoms with Crippen LogP contribution in [-0.2, 0) is 16.4 Å². The highest BCUT2D eigenvalue weighted by Crippen LogP contribution is 2.31. The molecule has 0 saturated heterocycles. The third-order valence-corrected chi connectivity index (χ3v) is 6.04. The second kappa shape index (κ2) is 7.58. The monoisotopic (exact) mass is 457 g/mol. The molecule has 0 aliphatic rings. The molecule has 0 saturated carbocycles. The molecule has 0 unspecified atom stereocenters. The van der Waals surface area contributed by atoms with Crippen molar-refractivity contribution in [3.05, 3.63) is 70.0 Å². The van der Waals surface area contributed by atoms with E-state index in [1.54, 1.807) is 0 Å². The van der Waals surface area contributed by atoms with E-state index in [9.17, 15) is 41.4 Å². The first kappa shape index (κ1) is 22.1. The lowest BCUT2D eigenvalue weighted by atomic mass is 10.1. The molecule has 9 nitrogen and oxygen atoms in total. The lowest BCUT2D eigenvalue weighted by Crippen LogP contribution is -2.25. The first-order chi connectivity index (χ1) is 14.4. The van der Waals surface area contributed by atoms with Crippen LogP contribution in [0.15, 0.2) is 52.4 Å². The average Bonchev–Trinajstić information content (AvgIpc) is 2.91. The number of aromatic nitrogens is 3. The number of sulfone groups is 1. The molecule has 2 N–H and O–H groups in total. The van der Waals surface area contributed by atoms with Gasteiger partial charge in [-0.2, -0.15) is 13.2 Å². The fourth-order valence-corrected chi connectivity index (χ4v) is 3.65. The van der Waals surface area contributed by atoms with Crippen molar-refractivity contribution in [2.24, 2.45) is 0 Å². The molecule has 1 aromatic carbocycles. The van der Waals surface area contributed by atoms with Crippen LogP contribution >= 0.6 is 0 Å². The summed E-state index contributed by atoms with van der Waals surface area (Å²) in [5.74, 6) is -1.80. The van der Waals surface area contributed by atoms with Crippen LogP contribution in [0.5, 0.6) is 5.88 Å². The van der Waals surface area contributed by atoms with Crippen LogP contribution < -0.4 is 5.69 Å². The van der Waals surface area contributed by atoms with Gasteiger partial charge in [0.15, 0.2) is 0 Å². The quantitative estimate of drug-likeness (QED) is 0.600. The predicted molar refractivity (Wildman–Crippen MR) is 100.0 cm³/mol. The van der Waals surface area contributed by atoms with Gasteiger partial charge in [-0.05, 0) is 42.8 Å². The number of pyridine rings is 1. The minimum atomic E-state index is -5.57. The molecule has 3 aromatic rings. The number of hydrogen-bond donors (Lipinski definition) is 2. The number of benzene rings is 1.